The zero-order valence-electron chi connectivity index (χ0n) is 19.8. The largest absolute Gasteiger partial charge is 0.497 e. The average molecular weight is 489 g/mol. The fourth-order valence-electron chi connectivity index (χ4n) is 3.56. The standard InChI is InChI=1S/C27H23NO8/c1-32-19-9-8-16-11-18(7-6-17(16)12-19)22(29)15-36-27(31)20-13-24(33-2)25(34-3)14-21(20)28-26(30)23-5-4-10-35-23/h4-14H,15H2,1-3H3,(H,28,30). The number of furan rings is 1. The summed E-state index contributed by atoms with van der Waals surface area (Å²) < 4.78 is 26.2. The Balaban J connectivity index is 1.54. The molecule has 0 aliphatic carbocycles. The van der Waals surface area contributed by atoms with Gasteiger partial charge in [-0.3, -0.25) is 9.59 Å². The Labute approximate surface area is 206 Å². The molecule has 9 heteroatoms. The lowest BCUT2D eigenvalue weighted by Gasteiger charge is -2.15. The van der Waals surface area contributed by atoms with Crippen LogP contribution in [0.25, 0.3) is 10.8 Å². The van der Waals surface area contributed by atoms with Gasteiger partial charge in [-0.05, 0) is 41.1 Å². The number of hydrogen-bond acceptors (Lipinski definition) is 8. The van der Waals surface area contributed by atoms with Crippen LogP contribution >= 0.6 is 0 Å². The van der Waals surface area contributed by atoms with Crippen LogP contribution in [0.2, 0.25) is 0 Å². The van der Waals surface area contributed by atoms with E-state index in [9.17, 15) is 14.4 Å². The summed E-state index contributed by atoms with van der Waals surface area (Å²) in [4.78, 5) is 38.2. The van der Waals surface area contributed by atoms with E-state index in [1.807, 2.05) is 12.1 Å². The van der Waals surface area contributed by atoms with Gasteiger partial charge in [-0.2, -0.15) is 0 Å². The van der Waals surface area contributed by atoms with E-state index in [-0.39, 0.29) is 34.3 Å². The molecular formula is C27H23NO8. The first-order valence-corrected chi connectivity index (χ1v) is 10.8. The molecule has 0 radical (unpaired) electrons. The van der Waals surface area contributed by atoms with Crippen molar-refractivity contribution in [2.45, 2.75) is 0 Å². The lowest BCUT2D eigenvalue weighted by Crippen LogP contribution is -2.18. The van der Waals surface area contributed by atoms with E-state index < -0.39 is 18.5 Å². The third kappa shape index (κ3) is 5.15. The van der Waals surface area contributed by atoms with E-state index in [4.69, 9.17) is 23.4 Å². The second-order valence-corrected chi connectivity index (χ2v) is 7.61. The van der Waals surface area contributed by atoms with E-state index in [2.05, 4.69) is 5.32 Å². The van der Waals surface area contributed by atoms with E-state index >= 15 is 0 Å². The molecule has 4 aromatic rings. The molecule has 0 bridgehead atoms. The average Bonchev–Trinajstić information content (AvgIpc) is 3.46. The highest BCUT2D eigenvalue weighted by molar-refractivity contribution is 6.08. The minimum Gasteiger partial charge on any atom is -0.497 e. The third-order valence-corrected chi connectivity index (χ3v) is 5.44. The molecule has 0 fully saturated rings. The molecule has 1 heterocycles. The number of ether oxygens (including phenoxy) is 4. The predicted octanol–water partition coefficient (Wildman–Crippen LogP) is 4.75. The zero-order valence-corrected chi connectivity index (χ0v) is 19.8. The van der Waals surface area contributed by atoms with Crippen LogP contribution in [0, 0.1) is 0 Å². The van der Waals surface area contributed by atoms with Crippen LogP contribution in [0.1, 0.15) is 31.3 Å². The van der Waals surface area contributed by atoms with Crippen LogP contribution in [0.15, 0.2) is 71.3 Å². The van der Waals surface area contributed by atoms with E-state index in [1.54, 1.807) is 37.4 Å². The molecule has 0 spiro atoms. The molecule has 1 amide bonds. The summed E-state index contributed by atoms with van der Waals surface area (Å²) in [5.74, 6) is -0.504. The number of ketones is 1. The molecule has 3 aromatic carbocycles. The van der Waals surface area contributed by atoms with Crippen LogP contribution < -0.4 is 19.5 Å². The Hall–Kier alpha value is -4.79. The molecule has 0 atom stereocenters. The summed E-state index contributed by atoms with van der Waals surface area (Å²) in [6.07, 6.45) is 1.35. The Morgan fingerprint density at radius 3 is 2.25 bits per heavy atom. The van der Waals surface area contributed by atoms with Crippen molar-refractivity contribution < 1.29 is 37.7 Å². The van der Waals surface area contributed by atoms with Crippen molar-refractivity contribution in [1.82, 2.24) is 0 Å². The van der Waals surface area contributed by atoms with Crippen LogP contribution in [0.5, 0.6) is 17.2 Å². The quantitative estimate of drug-likeness (QED) is 0.265. The molecule has 9 nitrogen and oxygen atoms in total. The van der Waals surface area contributed by atoms with Crippen molar-refractivity contribution in [2.24, 2.45) is 0 Å². The van der Waals surface area contributed by atoms with Crippen molar-refractivity contribution in [2.75, 3.05) is 33.3 Å². The number of esters is 1. The van der Waals surface area contributed by atoms with E-state index in [0.717, 1.165) is 10.8 Å². The number of fused-ring (bicyclic) bond motifs is 1. The van der Waals surface area contributed by atoms with Crippen molar-refractivity contribution in [3.05, 3.63) is 83.8 Å². The fraction of sp³-hybridized carbons (Fsp3) is 0.148. The van der Waals surface area contributed by atoms with Gasteiger partial charge in [0.15, 0.2) is 29.6 Å². The minimum atomic E-state index is -0.829. The molecule has 0 unspecified atom stereocenters. The number of amides is 1. The molecule has 1 N–H and O–H groups in total. The Kier molecular flexibility index (Phi) is 7.20. The fourth-order valence-corrected chi connectivity index (χ4v) is 3.56. The van der Waals surface area contributed by atoms with Gasteiger partial charge < -0.3 is 28.7 Å². The zero-order chi connectivity index (χ0) is 25.7. The first kappa shape index (κ1) is 24.3. The maximum Gasteiger partial charge on any atom is 0.340 e. The number of Topliss-reactive ketones (excluding diaryl/α,β-unsaturated/α-hetero) is 1. The maximum absolute atomic E-state index is 13.0. The number of carbonyl (C=O) groups is 3. The monoisotopic (exact) mass is 489 g/mol. The second-order valence-electron chi connectivity index (χ2n) is 7.61. The molecule has 0 aliphatic rings. The Morgan fingerprint density at radius 1 is 0.833 bits per heavy atom. The van der Waals surface area contributed by atoms with Gasteiger partial charge >= 0.3 is 5.97 Å². The second kappa shape index (κ2) is 10.6. The summed E-state index contributed by atoms with van der Waals surface area (Å²) >= 11 is 0. The summed E-state index contributed by atoms with van der Waals surface area (Å²) in [5, 5.41) is 4.36. The van der Waals surface area contributed by atoms with Gasteiger partial charge in [0.1, 0.15) is 5.75 Å². The van der Waals surface area contributed by atoms with Gasteiger partial charge in [0.2, 0.25) is 0 Å². The SMILES string of the molecule is COc1ccc2cc(C(=O)COC(=O)c3cc(OC)c(OC)cc3NC(=O)c3ccco3)ccc2c1. The normalized spacial score (nSPS) is 10.5. The number of benzene rings is 3. The van der Waals surface area contributed by atoms with Crippen LogP contribution in [-0.2, 0) is 4.74 Å². The highest BCUT2D eigenvalue weighted by atomic mass is 16.5. The highest BCUT2D eigenvalue weighted by Gasteiger charge is 2.22. The first-order chi connectivity index (χ1) is 17.4. The van der Waals surface area contributed by atoms with Gasteiger partial charge in [-0.25, -0.2) is 4.79 Å². The van der Waals surface area contributed by atoms with Gasteiger partial charge in [-0.1, -0.05) is 18.2 Å². The molecule has 0 saturated heterocycles. The van der Waals surface area contributed by atoms with Gasteiger partial charge in [0, 0.05) is 17.7 Å². The number of methoxy groups -OCH3 is 3. The molecular weight excluding hydrogens is 466 g/mol. The molecule has 0 aliphatic heterocycles. The maximum atomic E-state index is 13.0. The summed E-state index contributed by atoms with van der Waals surface area (Å²) in [6.45, 7) is -0.500. The van der Waals surface area contributed by atoms with Crippen molar-refractivity contribution in [1.29, 1.82) is 0 Å². The van der Waals surface area contributed by atoms with Crippen LogP contribution in [-0.4, -0.2) is 45.6 Å². The molecule has 4 rings (SSSR count). The summed E-state index contributed by atoms with van der Waals surface area (Å²) in [5.41, 5.74) is 0.469. The highest BCUT2D eigenvalue weighted by Crippen LogP contribution is 2.34. The van der Waals surface area contributed by atoms with Crippen molar-refractivity contribution in [3.8, 4) is 17.2 Å². The Morgan fingerprint density at radius 2 is 1.56 bits per heavy atom. The van der Waals surface area contributed by atoms with E-state index in [0.29, 0.717) is 11.3 Å². The number of hydrogen-bond donors (Lipinski definition) is 1. The van der Waals surface area contributed by atoms with E-state index in [1.165, 1.54) is 38.7 Å². The van der Waals surface area contributed by atoms with Gasteiger partial charge in [-0.15, -0.1) is 0 Å². The number of carbonyl (C=O) groups excluding carboxylic acids is 3. The van der Waals surface area contributed by atoms with Gasteiger partial charge in [0.05, 0.1) is 38.8 Å². The number of rotatable bonds is 9. The third-order valence-electron chi connectivity index (χ3n) is 5.44. The van der Waals surface area contributed by atoms with Crippen LogP contribution in [0.4, 0.5) is 5.69 Å². The number of nitrogens with one attached hydrogen (secondary N) is 1. The summed E-state index contributed by atoms with van der Waals surface area (Å²) in [6, 6.07) is 16.5. The molecule has 184 valence electrons. The Bertz CT molecular complexity index is 1430. The smallest absolute Gasteiger partial charge is 0.340 e. The minimum absolute atomic E-state index is 0.0223. The molecule has 1 aromatic heterocycles. The lowest BCUT2D eigenvalue weighted by molar-refractivity contribution is 0.0475. The first-order valence-electron chi connectivity index (χ1n) is 10.8. The van der Waals surface area contributed by atoms with Crippen molar-refractivity contribution in [3.63, 3.8) is 0 Å². The topological polar surface area (TPSA) is 113 Å². The van der Waals surface area contributed by atoms with Crippen LogP contribution in [0.3, 0.4) is 0 Å². The van der Waals surface area contributed by atoms with Gasteiger partial charge in [0.25, 0.3) is 5.91 Å². The molecule has 36 heavy (non-hydrogen) atoms. The lowest BCUT2D eigenvalue weighted by atomic mass is 10.0. The molecule has 0 saturated carbocycles. The predicted molar refractivity (Wildman–Crippen MR) is 131 cm³/mol. The number of anilines is 1. The summed E-state index contributed by atoms with van der Waals surface area (Å²) in [7, 11) is 4.42. The van der Waals surface area contributed by atoms with Crippen molar-refractivity contribution >= 4 is 34.1 Å².